The van der Waals surface area contributed by atoms with Gasteiger partial charge in [0, 0.05) is 6.20 Å². The van der Waals surface area contributed by atoms with Gasteiger partial charge in [0.2, 0.25) is 0 Å². The summed E-state index contributed by atoms with van der Waals surface area (Å²) < 4.78 is 39.4. The maximum absolute atomic E-state index is 13.1. The van der Waals surface area contributed by atoms with Crippen molar-refractivity contribution in [1.29, 1.82) is 0 Å². The molecule has 20 heavy (non-hydrogen) atoms. The summed E-state index contributed by atoms with van der Waals surface area (Å²) in [5.74, 6) is -1.79. The van der Waals surface area contributed by atoms with E-state index in [0.717, 1.165) is 18.3 Å². The zero-order valence-electron chi connectivity index (χ0n) is 9.72. The molecule has 0 bridgehead atoms. The lowest BCUT2D eigenvalue weighted by Crippen LogP contribution is -2.12. The molecular weight excluding hydrogens is 355 g/mol. The Kier molecular flexibility index (Phi) is 3.82. The van der Waals surface area contributed by atoms with Crippen LogP contribution in [0.4, 0.5) is 10.1 Å². The fourth-order valence-electron chi connectivity index (χ4n) is 1.43. The third-order valence-electron chi connectivity index (χ3n) is 2.37. The van der Waals surface area contributed by atoms with Gasteiger partial charge in [-0.15, -0.1) is 0 Å². The van der Waals surface area contributed by atoms with Crippen molar-refractivity contribution in [2.24, 2.45) is 0 Å². The second kappa shape index (κ2) is 5.25. The van der Waals surface area contributed by atoms with E-state index < -0.39 is 21.8 Å². The number of anilines is 1. The second-order valence-corrected chi connectivity index (χ2v) is 6.33. The number of nitrogens with one attached hydrogen (secondary N) is 2. The van der Waals surface area contributed by atoms with Gasteiger partial charge in [0.15, 0.2) is 0 Å². The molecule has 0 aliphatic heterocycles. The average molecular weight is 363 g/mol. The van der Waals surface area contributed by atoms with Crippen molar-refractivity contribution in [2.75, 3.05) is 4.72 Å². The Hall–Kier alpha value is -1.87. The predicted octanol–water partition coefficient (Wildman–Crippen LogP) is 2.42. The molecule has 0 aliphatic carbocycles. The van der Waals surface area contributed by atoms with E-state index in [0.29, 0.717) is 0 Å². The van der Waals surface area contributed by atoms with E-state index in [9.17, 15) is 17.6 Å². The van der Waals surface area contributed by atoms with E-state index in [1.807, 2.05) is 0 Å². The molecule has 0 unspecified atom stereocenters. The molecule has 6 nitrogen and oxygen atoms in total. The van der Waals surface area contributed by atoms with Crippen LogP contribution >= 0.6 is 15.9 Å². The van der Waals surface area contributed by atoms with E-state index in [2.05, 4.69) is 25.6 Å². The van der Waals surface area contributed by atoms with Crippen LogP contribution in [-0.4, -0.2) is 24.5 Å². The SMILES string of the molecule is O=C(O)c1cc(S(=O)(=O)Nc2ccc(F)c(Br)c2)c[nH]1. The number of carbonyl (C=O) groups is 1. The Bertz CT molecular complexity index is 772. The van der Waals surface area contributed by atoms with E-state index in [1.165, 1.54) is 12.1 Å². The van der Waals surface area contributed by atoms with Crippen LogP contribution in [0.5, 0.6) is 0 Å². The normalized spacial score (nSPS) is 11.3. The fraction of sp³-hybridized carbons (Fsp3) is 0. The molecule has 0 saturated heterocycles. The molecule has 3 N–H and O–H groups in total. The van der Waals surface area contributed by atoms with Crippen molar-refractivity contribution in [3.05, 3.63) is 46.4 Å². The number of carboxylic acids is 1. The summed E-state index contributed by atoms with van der Waals surface area (Å²) in [4.78, 5) is 12.8. The summed E-state index contributed by atoms with van der Waals surface area (Å²) in [5.41, 5.74) is -0.0954. The average Bonchev–Trinajstić information content (AvgIpc) is 2.84. The van der Waals surface area contributed by atoms with Crippen molar-refractivity contribution in [3.8, 4) is 0 Å². The van der Waals surface area contributed by atoms with Gasteiger partial charge < -0.3 is 10.1 Å². The molecule has 0 atom stereocenters. The van der Waals surface area contributed by atoms with Gasteiger partial charge in [-0.1, -0.05) is 0 Å². The molecule has 0 amide bonds. The number of benzene rings is 1. The molecule has 106 valence electrons. The van der Waals surface area contributed by atoms with Crippen LogP contribution in [-0.2, 0) is 10.0 Å². The first-order chi connectivity index (χ1) is 9.29. The van der Waals surface area contributed by atoms with E-state index in [1.54, 1.807) is 0 Å². The largest absolute Gasteiger partial charge is 0.477 e. The number of halogens is 2. The molecule has 1 aromatic carbocycles. The molecule has 0 fully saturated rings. The first-order valence-corrected chi connectivity index (χ1v) is 7.47. The minimum atomic E-state index is -3.94. The van der Waals surface area contributed by atoms with Gasteiger partial charge >= 0.3 is 5.97 Å². The minimum absolute atomic E-state index is 0.109. The van der Waals surface area contributed by atoms with Crippen LogP contribution < -0.4 is 4.72 Å². The number of aromatic carboxylic acids is 1. The lowest BCUT2D eigenvalue weighted by molar-refractivity contribution is 0.0691. The van der Waals surface area contributed by atoms with Crippen LogP contribution in [0.15, 0.2) is 39.8 Å². The highest BCUT2D eigenvalue weighted by Gasteiger charge is 2.18. The Labute approximate surface area is 121 Å². The van der Waals surface area contributed by atoms with Crippen LogP contribution in [0.3, 0.4) is 0 Å². The topological polar surface area (TPSA) is 99.3 Å². The molecule has 1 aromatic heterocycles. The number of hydrogen-bond donors (Lipinski definition) is 3. The quantitative estimate of drug-likeness (QED) is 0.777. The fourth-order valence-corrected chi connectivity index (χ4v) is 2.85. The predicted molar refractivity (Wildman–Crippen MR) is 72.7 cm³/mol. The zero-order chi connectivity index (χ0) is 14.9. The maximum atomic E-state index is 13.1. The lowest BCUT2D eigenvalue weighted by Gasteiger charge is -2.06. The first kappa shape index (κ1) is 14.5. The lowest BCUT2D eigenvalue weighted by atomic mass is 10.3. The zero-order valence-corrected chi connectivity index (χ0v) is 12.1. The van der Waals surface area contributed by atoms with Crippen molar-refractivity contribution < 1.29 is 22.7 Å². The van der Waals surface area contributed by atoms with Gasteiger partial charge in [-0.3, -0.25) is 4.72 Å². The molecule has 0 radical (unpaired) electrons. The number of carboxylic acid groups (broad SMARTS) is 1. The van der Waals surface area contributed by atoms with Gasteiger partial charge in [0.1, 0.15) is 16.4 Å². The van der Waals surface area contributed by atoms with Crippen LogP contribution in [0, 0.1) is 5.82 Å². The van der Waals surface area contributed by atoms with Gasteiger partial charge in [-0.2, -0.15) is 0 Å². The Morgan fingerprint density at radius 2 is 2.05 bits per heavy atom. The first-order valence-electron chi connectivity index (χ1n) is 5.19. The molecule has 1 heterocycles. The van der Waals surface area contributed by atoms with Crippen LogP contribution in [0.2, 0.25) is 0 Å². The summed E-state index contributed by atoms with van der Waals surface area (Å²) in [6.45, 7) is 0. The molecule has 0 saturated carbocycles. The number of aromatic amines is 1. The summed E-state index contributed by atoms with van der Waals surface area (Å²) in [6.07, 6.45) is 1.06. The third-order valence-corrected chi connectivity index (χ3v) is 4.34. The highest BCUT2D eigenvalue weighted by atomic mass is 79.9. The Balaban J connectivity index is 2.30. The monoisotopic (exact) mass is 362 g/mol. The van der Waals surface area contributed by atoms with Crippen molar-refractivity contribution in [3.63, 3.8) is 0 Å². The number of sulfonamides is 1. The van der Waals surface area contributed by atoms with Crippen molar-refractivity contribution in [1.82, 2.24) is 4.98 Å². The molecule has 2 rings (SSSR count). The molecular formula is C11H8BrFN2O4S. The van der Waals surface area contributed by atoms with Crippen molar-refractivity contribution in [2.45, 2.75) is 4.90 Å². The molecule has 0 spiro atoms. The summed E-state index contributed by atoms with van der Waals surface area (Å²) in [5, 5.41) is 8.73. The third kappa shape index (κ3) is 2.99. The van der Waals surface area contributed by atoms with Gasteiger partial charge in [-0.25, -0.2) is 17.6 Å². The van der Waals surface area contributed by atoms with E-state index >= 15 is 0 Å². The smallest absolute Gasteiger partial charge is 0.352 e. The number of H-pyrrole nitrogens is 1. The van der Waals surface area contributed by atoms with E-state index in [-0.39, 0.29) is 20.7 Å². The summed E-state index contributed by atoms with van der Waals surface area (Å²) in [6, 6.07) is 4.60. The van der Waals surface area contributed by atoms with E-state index in [4.69, 9.17) is 5.11 Å². The highest BCUT2D eigenvalue weighted by molar-refractivity contribution is 9.10. The molecule has 2 aromatic rings. The number of rotatable bonds is 4. The van der Waals surface area contributed by atoms with Crippen LogP contribution in [0.1, 0.15) is 10.5 Å². The maximum Gasteiger partial charge on any atom is 0.352 e. The Morgan fingerprint density at radius 3 is 2.60 bits per heavy atom. The highest BCUT2D eigenvalue weighted by Crippen LogP contribution is 2.22. The van der Waals surface area contributed by atoms with Crippen LogP contribution in [0.25, 0.3) is 0 Å². The molecule has 0 aliphatic rings. The second-order valence-electron chi connectivity index (χ2n) is 3.79. The number of aromatic nitrogens is 1. The van der Waals surface area contributed by atoms with Crippen molar-refractivity contribution >= 4 is 37.6 Å². The Morgan fingerprint density at radius 1 is 1.35 bits per heavy atom. The van der Waals surface area contributed by atoms with Gasteiger partial charge in [0.05, 0.1) is 10.2 Å². The number of hydrogen-bond acceptors (Lipinski definition) is 3. The molecule has 9 heteroatoms. The summed E-state index contributed by atoms with van der Waals surface area (Å²) in [7, 11) is -3.94. The standard InChI is InChI=1S/C11H8BrFN2O4S/c12-8-3-6(1-2-9(8)13)15-20(18,19)7-4-10(11(16)17)14-5-7/h1-5,14-15H,(H,16,17). The minimum Gasteiger partial charge on any atom is -0.477 e. The summed E-state index contributed by atoms with van der Waals surface area (Å²) >= 11 is 2.94. The van der Waals surface area contributed by atoms with Gasteiger partial charge in [-0.05, 0) is 40.2 Å². The van der Waals surface area contributed by atoms with Gasteiger partial charge in [0.25, 0.3) is 10.0 Å².